The lowest BCUT2D eigenvalue weighted by Crippen LogP contribution is -2.41. The molecule has 2 aliphatic rings. The highest BCUT2D eigenvalue weighted by Gasteiger charge is 2.43. The fraction of sp³-hybridized carbons (Fsp3) is 0.909. The van der Waals surface area contributed by atoms with E-state index in [0.29, 0.717) is 11.7 Å². The van der Waals surface area contributed by atoms with Gasteiger partial charge in [-0.1, -0.05) is 13.3 Å². The zero-order valence-electron chi connectivity index (χ0n) is 8.38. The Hall–Kier alpha value is -0.370. The highest BCUT2D eigenvalue weighted by Crippen LogP contribution is 2.42. The van der Waals surface area contributed by atoms with Crippen molar-refractivity contribution >= 4 is 5.78 Å². The van der Waals surface area contributed by atoms with Gasteiger partial charge in [-0.3, -0.25) is 4.79 Å². The molecule has 0 aromatic heterocycles. The van der Waals surface area contributed by atoms with Crippen molar-refractivity contribution < 1.29 is 4.79 Å². The summed E-state index contributed by atoms with van der Waals surface area (Å²) in [5, 5.41) is 0. The van der Waals surface area contributed by atoms with Crippen molar-refractivity contribution in [3.05, 3.63) is 0 Å². The number of carbonyl (C=O) groups is 1. The molecule has 2 atom stereocenters. The monoisotopic (exact) mass is 181 g/mol. The van der Waals surface area contributed by atoms with Crippen LogP contribution in [0.4, 0.5) is 0 Å². The minimum Gasteiger partial charge on any atom is -0.327 e. The number of Topliss-reactive ketones (excluding diaryl/α,β-unsaturated/α-hetero) is 1. The van der Waals surface area contributed by atoms with Crippen molar-refractivity contribution in [1.82, 2.24) is 0 Å². The zero-order chi connectivity index (χ0) is 9.47. The Morgan fingerprint density at radius 2 is 2.15 bits per heavy atom. The molecule has 2 saturated carbocycles. The maximum absolute atomic E-state index is 11.9. The van der Waals surface area contributed by atoms with Crippen molar-refractivity contribution in [1.29, 1.82) is 0 Å². The highest BCUT2D eigenvalue weighted by atomic mass is 16.1. The van der Waals surface area contributed by atoms with Gasteiger partial charge in [-0.15, -0.1) is 0 Å². The average Bonchev–Trinajstić information content (AvgIpc) is 2.81. The molecule has 0 radical (unpaired) electrons. The van der Waals surface area contributed by atoms with Gasteiger partial charge in [0.2, 0.25) is 0 Å². The third-order valence-corrected chi connectivity index (χ3v) is 3.84. The fourth-order valence-corrected chi connectivity index (χ4v) is 2.36. The summed E-state index contributed by atoms with van der Waals surface area (Å²) in [7, 11) is 0. The van der Waals surface area contributed by atoms with Gasteiger partial charge in [-0.25, -0.2) is 0 Å². The van der Waals surface area contributed by atoms with E-state index in [4.69, 9.17) is 5.73 Å². The Bertz CT molecular complexity index is 222. The van der Waals surface area contributed by atoms with E-state index in [-0.39, 0.29) is 11.5 Å². The average molecular weight is 181 g/mol. The van der Waals surface area contributed by atoms with Crippen molar-refractivity contribution in [2.75, 3.05) is 0 Å². The van der Waals surface area contributed by atoms with Crippen LogP contribution < -0.4 is 5.73 Å². The van der Waals surface area contributed by atoms with Gasteiger partial charge in [0.15, 0.2) is 0 Å². The number of nitrogens with two attached hydrogens (primary N) is 1. The smallest absolute Gasteiger partial charge is 0.140 e. The topological polar surface area (TPSA) is 43.1 Å². The molecule has 0 spiro atoms. The molecule has 74 valence electrons. The first kappa shape index (κ1) is 9.20. The molecular weight excluding hydrogens is 162 g/mol. The van der Waals surface area contributed by atoms with Crippen molar-refractivity contribution in [2.24, 2.45) is 17.1 Å². The molecule has 2 N–H and O–H groups in total. The van der Waals surface area contributed by atoms with Crippen LogP contribution in [0.2, 0.25) is 0 Å². The maximum Gasteiger partial charge on any atom is 0.140 e. The second-order valence-electron chi connectivity index (χ2n) is 4.99. The lowest BCUT2D eigenvalue weighted by molar-refractivity contribution is -0.128. The van der Waals surface area contributed by atoms with Crippen LogP contribution in [0.15, 0.2) is 0 Å². The predicted molar refractivity (Wildman–Crippen MR) is 52.3 cm³/mol. The summed E-state index contributed by atoms with van der Waals surface area (Å²) in [6.07, 6.45) is 6.50. The number of carbonyl (C=O) groups excluding carboxylic acids is 1. The second kappa shape index (κ2) is 3.09. The van der Waals surface area contributed by atoms with Crippen LogP contribution in [-0.4, -0.2) is 11.8 Å². The van der Waals surface area contributed by atoms with Gasteiger partial charge in [-0.05, 0) is 31.6 Å². The van der Waals surface area contributed by atoms with Gasteiger partial charge in [0.05, 0.1) is 0 Å². The van der Waals surface area contributed by atoms with Crippen molar-refractivity contribution in [3.8, 4) is 0 Å². The number of ketones is 1. The van der Waals surface area contributed by atoms with Crippen LogP contribution in [0, 0.1) is 11.3 Å². The van der Waals surface area contributed by atoms with Crippen LogP contribution in [0.1, 0.15) is 45.4 Å². The molecule has 2 nitrogen and oxygen atoms in total. The van der Waals surface area contributed by atoms with E-state index in [9.17, 15) is 4.79 Å². The predicted octanol–water partition coefficient (Wildman–Crippen LogP) is 1.87. The number of rotatable bonds is 3. The van der Waals surface area contributed by atoms with E-state index >= 15 is 0 Å². The second-order valence-corrected chi connectivity index (χ2v) is 4.99. The van der Waals surface area contributed by atoms with E-state index in [1.165, 1.54) is 12.8 Å². The SMILES string of the molecule is CC1(C(=O)CC2CC2)CCCC1N. The lowest BCUT2D eigenvalue weighted by atomic mass is 9.79. The summed E-state index contributed by atoms with van der Waals surface area (Å²) in [6, 6.07) is 0.124. The Kier molecular flexibility index (Phi) is 2.18. The number of hydrogen-bond donors (Lipinski definition) is 1. The molecule has 2 unspecified atom stereocenters. The molecule has 0 bridgehead atoms. The molecule has 0 aromatic carbocycles. The van der Waals surface area contributed by atoms with E-state index in [1.807, 2.05) is 0 Å². The zero-order valence-corrected chi connectivity index (χ0v) is 8.38. The Balaban J connectivity index is 1.99. The van der Waals surface area contributed by atoms with Crippen LogP contribution >= 0.6 is 0 Å². The first-order valence-corrected chi connectivity index (χ1v) is 5.42. The van der Waals surface area contributed by atoms with Gasteiger partial charge >= 0.3 is 0 Å². The fourth-order valence-electron chi connectivity index (χ4n) is 2.36. The van der Waals surface area contributed by atoms with Crippen LogP contribution in [-0.2, 0) is 4.79 Å². The Labute approximate surface area is 79.9 Å². The van der Waals surface area contributed by atoms with Gasteiger partial charge in [0, 0.05) is 17.9 Å². The standard InChI is InChI=1S/C11H19NO/c1-11(6-2-3-9(11)12)10(13)7-8-4-5-8/h8-9H,2-7,12H2,1H3. The van der Waals surface area contributed by atoms with Crippen molar-refractivity contribution in [3.63, 3.8) is 0 Å². The van der Waals surface area contributed by atoms with Gasteiger partial charge in [-0.2, -0.15) is 0 Å². The molecule has 2 fully saturated rings. The lowest BCUT2D eigenvalue weighted by Gasteiger charge is -2.27. The minimum absolute atomic E-state index is 0.124. The number of hydrogen-bond acceptors (Lipinski definition) is 2. The summed E-state index contributed by atoms with van der Waals surface area (Å²) in [5.41, 5.74) is 5.81. The van der Waals surface area contributed by atoms with E-state index in [2.05, 4.69) is 6.92 Å². The molecule has 13 heavy (non-hydrogen) atoms. The molecular formula is C11H19NO. The molecule has 0 aliphatic heterocycles. The molecule has 0 amide bonds. The first-order valence-electron chi connectivity index (χ1n) is 5.42. The summed E-state index contributed by atoms with van der Waals surface area (Å²) in [5.74, 6) is 1.14. The van der Waals surface area contributed by atoms with Crippen molar-refractivity contribution in [2.45, 2.75) is 51.5 Å². The third-order valence-electron chi connectivity index (χ3n) is 3.84. The van der Waals surface area contributed by atoms with Crippen LogP contribution in [0.3, 0.4) is 0 Å². The summed E-state index contributed by atoms with van der Waals surface area (Å²) in [6.45, 7) is 2.06. The largest absolute Gasteiger partial charge is 0.327 e. The van der Waals surface area contributed by atoms with E-state index in [0.717, 1.165) is 25.7 Å². The molecule has 0 saturated heterocycles. The normalized spacial score (nSPS) is 39.4. The minimum atomic E-state index is -0.178. The molecule has 2 rings (SSSR count). The van der Waals surface area contributed by atoms with E-state index < -0.39 is 0 Å². The summed E-state index contributed by atoms with van der Waals surface area (Å²) in [4.78, 5) is 11.9. The van der Waals surface area contributed by atoms with E-state index in [1.54, 1.807) is 0 Å². The highest BCUT2D eigenvalue weighted by molar-refractivity contribution is 5.86. The Morgan fingerprint density at radius 1 is 1.46 bits per heavy atom. The quantitative estimate of drug-likeness (QED) is 0.722. The molecule has 0 heterocycles. The van der Waals surface area contributed by atoms with Gasteiger partial charge in [0.1, 0.15) is 5.78 Å². The third kappa shape index (κ3) is 1.64. The molecule has 0 aromatic rings. The Morgan fingerprint density at radius 3 is 2.62 bits per heavy atom. The summed E-state index contributed by atoms with van der Waals surface area (Å²) < 4.78 is 0. The summed E-state index contributed by atoms with van der Waals surface area (Å²) >= 11 is 0. The van der Waals surface area contributed by atoms with Gasteiger partial charge < -0.3 is 5.73 Å². The maximum atomic E-state index is 11.9. The molecule has 2 aliphatic carbocycles. The van der Waals surface area contributed by atoms with Gasteiger partial charge in [0.25, 0.3) is 0 Å². The molecule has 2 heteroatoms. The van der Waals surface area contributed by atoms with Crippen LogP contribution in [0.5, 0.6) is 0 Å². The van der Waals surface area contributed by atoms with Crippen LogP contribution in [0.25, 0.3) is 0 Å². The first-order chi connectivity index (χ1) is 6.13.